The highest BCUT2D eigenvalue weighted by Gasteiger charge is 2.32. The van der Waals surface area contributed by atoms with Crippen LogP contribution >= 0.6 is 23.2 Å². The molecule has 30 heavy (non-hydrogen) atoms. The van der Waals surface area contributed by atoms with E-state index in [1.807, 2.05) is 0 Å². The molecule has 1 aliphatic heterocycles. The quantitative estimate of drug-likeness (QED) is 0.503. The maximum absolute atomic E-state index is 12.8. The fraction of sp³-hybridized carbons (Fsp3) is 0.316. The fourth-order valence-electron chi connectivity index (χ4n) is 3.28. The van der Waals surface area contributed by atoms with E-state index in [1.54, 1.807) is 24.3 Å². The van der Waals surface area contributed by atoms with Gasteiger partial charge in [-0.3, -0.25) is 14.9 Å². The third-order valence-electron chi connectivity index (χ3n) is 4.93. The first-order valence-electron chi connectivity index (χ1n) is 9.13. The van der Waals surface area contributed by atoms with E-state index in [1.165, 1.54) is 22.5 Å². The van der Waals surface area contributed by atoms with Gasteiger partial charge in [-0.15, -0.1) is 0 Å². The summed E-state index contributed by atoms with van der Waals surface area (Å²) in [7, 11) is -3.65. The Morgan fingerprint density at radius 3 is 2.33 bits per heavy atom. The smallest absolute Gasteiger partial charge is 0.271 e. The zero-order valence-corrected chi connectivity index (χ0v) is 18.1. The number of amides is 1. The molecule has 2 aromatic carbocycles. The summed E-state index contributed by atoms with van der Waals surface area (Å²) >= 11 is 12.2. The van der Waals surface area contributed by atoms with Gasteiger partial charge in [0.2, 0.25) is 15.9 Å². The molecule has 1 aliphatic rings. The Labute approximate surface area is 184 Å². The second-order valence-corrected chi connectivity index (χ2v) is 9.71. The molecule has 0 atom stereocenters. The van der Waals surface area contributed by atoms with Crippen LogP contribution in [0, 0.1) is 16.0 Å². The van der Waals surface area contributed by atoms with E-state index in [0.29, 0.717) is 24.1 Å². The van der Waals surface area contributed by atoms with Crippen LogP contribution in [0.5, 0.6) is 0 Å². The van der Waals surface area contributed by atoms with E-state index >= 15 is 0 Å². The number of nitrogens with zero attached hydrogens (tertiary/aromatic N) is 2. The standard InChI is InChI=1S/C19H19Cl2N3O5S/c20-17-5-2-6-18(21)16(17)12-30(28,29)23-9-7-13(8-10-23)19(25)22-14-3-1-4-15(11-14)24(26)27/h1-6,11,13H,7-10,12H2,(H,22,25). The van der Waals surface area contributed by atoms with Gasteiger partial charge in [-0.1, -0.05) is 35.3 Å². The van der Waals surface area contributed by atoms with E-state index < -0.39 is 14.9 Å². The van der Waals surface area contributed by atoms with Gasteiger partial charge in [0.15, 0.2) is 0 Å². The summed E-state index contributed by atoms with van der Waals surface area (Å²) < 4.78 is 26.9. The maximum Gasteiger partial charge on any atom is 0.271 e. The van der Waals surface area contributed by atoms with Crippen molar-refractivity contribution in [2.24, 2.45) is 5.92 Å². The molecular formula is C19H19Cl2N3O5S. The number of carbonyl (C=O) groups excluding carboxylic acids is 1. The van der Waals surface area contributed by atoms with Crippen LogP contribution in [0.1, 0.15) is 18.4 Å². The van der Waals surface area contributed by atoms with E-state index in [-0.39, 0.29) is 46.4 Å². The number of sulfonamides is 1. The molecule has 8 nitrogen and oxygen atoms in total. The summed E-state index contributed by atoms with van der Waals surface area (Å²) in [6.45, 7) is 0.384. The number of halogens is 2. The lowest BCUT2D eigenvalue weighted by Gasteiger charge is -2.30. The number of hydrogen-bond donors (Lipinski definition) is 1. The van der Waals surface area contributed by atoms with Gasteiger partial charge >= 0.3 is 0 Å². The Balaban J connectivity index is 1.60. The Morgan fingerprint density at radius 1 is 1.13 bits per heavy atom. The molecule has 0 spiro atoms. The van der Waals surface area contributed by atoms with Crippen molar-refractivity contribution >= 4 is 50.5 Å². The molecule has 0 aromatic heterocycles. The molecule has 160 valence electrons. The number of nitrogens with one attached hydrogen (secondary N) is 1. The Hall–Kier alpha value is -2.20. The van der Waals surface area contributed by atoms with Gasteiger partial charge in [-0.25, -0.2) is 12.7 Å². The molecule has 11 heteroatoms. The molecule has 0 saturated carbocycles. The predicted octanol–water partition coefficient (Wildman–Crippen LogP) is 4.08. The Kier molecular flexibility index (Phi) is 6.97. The monoisotopic (exact) mass is 471 g/mol. The third-order valence-corrected chi connectivity index (χ3v) is 7.44. The first-order chi connectivity index (χ1) is 14.2. The van der Waals surface area contributed by atoms with Crippen LogP contribution in [0.3, 0.4) is 0 Å². The summed E-state index contributed by atoms with van der Waals surface area (Å²) in [5.74, 6) is -0.989. The molecule has 0 bridgehead atoms. The molecule has 1 fully saturated rings. The minimum Gasteiger partial charge on any atom is -0.326 e. The van der Waals surface area contributed by atoms with E-state index in [9.17, 15) is 23.3 Å². The summed E-state index contributed by atoms with van der Waals surface area (Å²) in [6, 6.07) is 10.5. The topological polar surface area (TPSA) is 110 Å². The SMILES string of the molecule is O=C(Nc1cccc([N+](=O)[O-])c1)C1CCN(S(=O)(=O)Cc2c(Cl)cccc2Cl)CC1. The van der Waals surface area contributed by atoms with Gasteiger partial charge in [-0.2, -0.15) is 0 Å². The molecule has 3 rings (SSSR count). The number of carbonyl (C=O) groups is 1. The lowest BCUT2D eigenvalue weighted by molar-refractivity contribution is -0.384. The predicted molar refractivity (Wildman–Crippen MR) is 115 cm³/mol. The summed E-state index contributed by atoms with van der Waals surface area (Å²) in [5, 5.41) is 14.1. The van der Waals surface area contributed by atoms with E-state index in [2.05, 4.69) is 5.32 Å². The van der Waals surface area contributed by atoms with Gasteiger partial charge < -0.3 is 5.32 Å². The fourth-order valence-corrected chi connectivity index (χ4v) is 5.60. The average Bonchev–Trinajstić information content (AvgIpc) is 2.71. The number of non-ortho nitro benzene ring substituents is 1. The molecule has 0 aliphatic carbocycles. The summed E-state index contributed by atoms with van der Waals surface area (Å²) in [6.07, 6.45) is 0.687. The number of benzene rings is 2. The number of rotatable bonds is 6. The Morgan fingerprint density at radius 2 is 1.73 bits per heavy atom. The van der Waals surface area contributed by atoms with E-state index in [0.717, 1.165) is 0 Å². The van der Waals surface area contributed by atoms with Crippen LogP contribution in [0.15, 0.2) is 42.5 Å². The summed E-state index contributed by atoms with van der Waals surface area (Å²) in [4.78, 5) is 22.8. The normalized spacial score (nSPS) is 15.7. The van der Waals surface area contributed by atoms with Gasteiger partial charge in [0.05, 0.1) is 10.7 Å². The van der Waals surface area contributed by atoms with Crippen LogP contribution < -0.4 is 5.32 Å². The van der Waals surface area contributed by atoms with Crippen molar-refractivity contribution in [1.29, 1.82) is 0 Å². The van der Waals surface area contributed by atoms with Crippen molar-refractivity contribution in [2.45, 2.75) is 18.6 Å². The first-order valence-corrected chi connectivity index (χ1v) is 11.5. The maximum atomic E-state index is 12.8. The van der Waals surface area contributed by atoms with Crippen molar-refractivity contribution in [2.75, 3.05) is 18.4 Å². The van der Waals surface area contributed by atoms with Gasteiger partial charge in [0, 0.05) is 52.4 Å². The molecule has 1 saturated heterocycles. The highest BCUT2D eigenvalue weighted by atomic mass is 35.5. The Bertz CT molecular complexity index is 1050. The number of nitro benzene ring substituents is 1. The number of nitro groups is 1. The molecule has 1 amide bonds. The average molecular weight is 472 g/mol. The van der Waals surface area contributed by atoms with Gasteiger partial charge in [0.1, 0.15) is 0 Å². The van der Waals surface area contributed by atoms with Crippen LogP contribution in [-0.4, -0.2) is 36.6 Å². The number of hydrogen-bond acceptors (Lipinski definition) is 5. The van der Waals surface area contributed by atoms with E-state index in [4.69, 9.17) is 23.2 Å². The molecule has 1 heterocycles. The van der Waals surface area contributed by atoms with Crippen LogP contribution in [0.25, 0.3) is 0 Å². The summed E-state index contributed by atoms with van der Waals surface area (Å²) in [5.41, 5.74) is 0.566. The minimum absolute atomic E-state index is 0.119. The van der Waals surface area contributed by atoms with Crippen LogP contribution in [0.2, 0.25) is 10.0 Å². The lowest BCUT2D eigenvalue weighted by Crippen LogP contribution is -2.42. The zero-order chi connectivity index (χ0) is 21.9. The minimum atomic E-state index is -3.65. The highest BCUT2D eigenvalue weighted by Crippen LogP contribution is 2.29. The largest absolute Gasteiger partial charge is 0.326 e. The zero-order valence-electron chi connectivity index (χ0n) is 15.8. The third kappa shape index (κ3) is 5.28. The first kappa shape index (κ1) is 22.5. The molecule has 2 aromatic rings. The molecule has 0 unspecified atom stereocenters. The van der Waals surface area contributed by atoms with Crippen LogP contribution in [-0.2, 0) is 20.6 Å². The second-order valence-electron chi connectivity index (χ2n) is 6.93. The van der Waals surface area contributed by atoms with Crippen molar-refractivity contribution in [3.05, 3.63) is 68.2 Å². The molecule has 1 N–H and O–H groups in total. The molecule has 0 radical (unpaired) electrons. The second kappa shape index (κ2) is 9.30. The van der Waals surface area contributed by atoms with Crippen LogP contribution in [0.4, 0.5) is 11.4 Å². The van der Waals surface area contributed by atoms with Crippen molar-refractivity contribution in [1.82, 2.24) is 4.31 Å². The lowest BCUT2D eigenvalue weighted by atomic mass is 9.97. The molecular weight excluding hydrogens is 453 g/mol. The van der Waals surface area contributed by atoms with Gasteiger partial charge in [-0.05, 0) is 31.0 Å². The van der Waals surface area contributed by atoms with Gasteiger partial charge in [0.25, 0.3) is 5.69 Å². The number of anilines is 1. The number of piperidine rings is 1. The van der Waals surface area contributed by atoms with Crippen molar-refractivity contribution < 1.29 is 18.1 Å². The van der Waals surface area contributed by atoms with Crippen molar-refractivity contribution in [3.63, 3.8) is 0 Å². The highest BCUT2D eigenvalue weighted by molar-refractivity contribution is 7.88. The van der Waals surface area contributed by atoms with Crippen molar-refractivity contribution in [3.8, 4) is 0 Å².